The van der Waals surface area contributed by atoms with Gasteiger partial charge >= 0.3 is 0 Å². The summed E-state index contributed by atoms with van der Waals surface area (Å²) in [6, 6.07) is 14.2. The third kappa shape index (κ3) is 5.77. The Bertz CT molecular complexity index is 924. The van der Waals surface area contributed by atoms with Gasteiger partial charge in [-0.2, -0.15) is 0 Å². The van der Waals surface area contributed by atoms with E-state index in [1.807, 2.05) is 24.3 Å². The van der Waals surface area contributed by atoms with Gasteiger partial charge in [0.15, 0.2) is 0 Å². The summed E-state index contributed by atoms with van der Waals surface area (Å²) in [5.74, 6) is 1.82. The SMILES string of the molecule is C/C=C/COC1(C2CCC(/C=C/C)CC2)CCC(CC(F)c2cccc3ccccc23)CC1. The smallest absolute Gasteiger partial charge is 0.126 e. The van der Waals surface area contributed by atoms with Crippen LogP contribution in [0, 0.1) is 17.8 Å². The van der Waals surface area contributed by atoms with E-state index in [1.54, 1.807) is 0 Å². The van der Waals surface area contributed by atoms with Gasteiger partial charge in [0.05, 0.1) is 12.2 Å². The molecule has 0 N–H and O–H groups in total. The number of hydrogen-bond acceptors (Lipinski definition) is 1. The van der Waals surface area contributed by atoms with E-state index in [4.69, 9.17) is 4.74 Å². The minimum Gasteiger partial charge on any atom is -0.371 e. The van der Waals surface area contributed by atoms with E-state index < -0.39 is 6.17 Å². The third-order valence-corrected chi connectivity index (χ3v) is 8.34. The number of rotatable bonds is 8. The second kappa shape index (κ2) is 11.5. The average Bonchev–Trinajstić information content (AvgIpc) is 2.85. The van der Waals surface area contributed by atoms with Crippen LogP contribution in [0.25, 0.3) is 10.8 Å². The predicted molar refractivity (Wildman–Crippen MR) is 138 cm³/mol. The molecule has 2 aliphatic rings. The predicted octanol–water partition coefficient (Wildman–Crippen LogP) is 9.14. The maximum atomic E-state index is 15.5. The molecule has 2 heteroatoms. The molecule has 0 radical (unpaired) electrons. The molecule has 0 heterocycles. The van der Waals surface area contributed by atoms with Gasteiger partial charge < -0.3 is 4.74 Å². The van der Waals surface area contributed by atoms with Gasteiger partial charge in [-0.1, -0.05) is 66.8 Å². The van der Waals surface area contributed by atoms with Gasteiger partial charge in [-0.15, -0.1) is 0 Å². The lowest BCUT2D eigenvalue weighted by atomic mass is 9.65. The molecule has 0 saturated heterocycles. The van der Waals surface area contributed by atoms with Crippen LogP contribution in [0.1, 0.15) is 83.4 Å². The first-order chi connectivity index (χ1) is 16.1. The average molecular weight is 449 g/mol. The third-order valence-electron chi connectivity index (χ3n) is 8.34. The van der Waals surface area contributed by atoms with Crippen LogP contribution in [-0.4, -0.2) is 12.2 Å². The number of hydrogen-bond donors (Lipinski definition) is 0. The fourth-order valence-electron chi connectivity index (χ4n) is 6.44. The first kappa shape index (κ1) is 24.2. The maximum absolute atomic E-state index is 15.5. The van der Waals surface area contributed by atoms with Crippen molar-refractivity contribution >= 4 is 10.8 Å². The molecule has 0 spiro atoms. The largest absolute Gasteiger partial charge is 0.371 e. The summed E-state index contributed by atoms with van der Waals surface area (Å²) >= 11 is 0. The molecule has 2 aromatic rings. The molecule has 1 nitrogen and oxygen atoms in total. The van der Waals surface area contributed by atoms with Crippen LogP contribution in [-0.2, 0) is 4.74 Å². The standard InChI is InChI=1S/C31H41FO/c1-3-5-22-33-31(27-16-14-24(9-4-2)15-17-27)20-18-25(19-21-31)23-30(32)29-13-8-11-26-10-6-7-12-28(26)29/h3-13,24-25,27,30H,14-23H2,1-2H3/b5-3+,9-4+. The van der Waals surface area contributed by atoms with Crippen LogP contribution < -0.4 is 0 Å². The molecule has 178 valence electrons. The molecule has 0 aromatic heterocycles. The lowest BCUT2D eigenvalue weighted by molar-refractivity contribution is -0.118. The molecule has 0 amide bonds. The Hall–Kier alpha value is -1.93. The van der Waals surface area contributed by atoms with Gasteiger partial charge in [-0.25, -0.2) is 4.39 Å². The first-order valence-electron chi connectivity index (χ1n) is 13.1. The maximum Gasteiger partial charge on any atom is 0.126 e. The van der Waals surface area contributed by atoms with Crippen molar-refractivity contribution in [3.05, 3.63) is 72.3 Å². The van der Waals surface area contributed by atoms with Crippen LogP contribution in [0.2, 0.25) is 0 Å². The summed E-state index contributed by atoms with van der Waals surface area (Å²) in [6.07, 6.45) is 17.9. The Balaban J connectivity index is 1.40. The second-order valence-corrected chi connectivity index (χ2v) is 10.3. The Morgan fingerprint density at radius 1 is 0.939 bits per heavy atom. The van der Waals surface area contributed by atoms with E-state index in [9.17, 15) is 0 Å². The quantitative estimate of drug-likeness (QED) is 0.366. The minimum atomic E-state index is -0.895. The zero-order chi connectivity index (χ0) is 23.1. The van der Waals surface area contributed by atoms with E-state index in [2.05, 4.69) is 56.4 Å². The zero-order valence-corrected chi connectivity index (χ0v) is 20.5. The van der Waals surface area contributed by atoms with Crippen molar-refractivity contribution in [1.29, 1.82) is 0 Å². The molecule has 1 unspecified atom stereocenters. The molecule has 33 heavy (non-hydrogen) atoms. The van der Waals surface area contributed by atoms with Gasteiger partial charge in [-0.3, -0.25) is 0 Å². The van der Waals surface area contributed by atoms with Gasteiger partial charge in [0, 0.05) is 0 Å². The Labute approximate surface area is 200 Å². The highest BCUT2D eigenvalue weighted by atomic mass is 19.1. The van der Waals surface area contributed by atoms with Crippen LogP contribution in [0.4, 0.5) is 4.39 Å². The van der Waals surface area contributed by atoms with Crippen molar-refractivity contribution in [3.8, 4) is 0 Å². The molecular formula is C31H41FO. The Kier molecular flexibility index (Phi) is 8.41. The molecule has 1 atom stereocenters. The van der Waals surface area contributed by atoms with Crippen LogP contribution in [0.5, 0.6) is 0 Å². The summed E-state index contributed by atoms with van der Waals surface area (Å²) in [4.78, 5) is 0. The van der Waals surface area contributed by atoms with Crippen LogP contribution >= 0.6 is 0 Å². The molecule has 2 aliphatic carbocycles. The first-order valence-corrected chi connectivity index (χ1v) is 13.1. The Morgan fingerprint density at radius 2 is 1.67 bits per heavy atom. The van der Waals surface area contributed by atoms with Crippen LogP contribution in [0.3, 0.4) is 0 Å². The highest BCUT2D eigenvalue weighted by Gasteiger charge is 2.44. The summed E-state index contributed by atoms with van der Waals surface area (Å²) < 4.78 is 22.2. The van der Waals surface area contributed by atoms with E-state index in [1.165, 1.54) is 25.7 Å². The Morgan fingerprint density at radius 3 is 2.39 bits per heavy atom. The lowest BCUT2D eigenvalue weighted by Gasteiger charge is -2.47. The van der Waals surface area contributed by atoms with Crippen LogP contribution in [0.15, 0.2) is 66.8 Å². The van der Waals surface area contributed by atoms with E-state index in [0.717, 1.165) is 47.9 Å². The number of halogens is 1. The molecule has 4 rings (SSSR count). The summed E-state index contributed by atoms with van der Waals surface area (Å²) in [7, 11) is 0. The monoisotopic (exact) mass is 448 g/mol. The number of benzene rings is 2. The zero-order valence-electron chi connectivity index (χ0n) is 20.5. The topological polar surface area (TPSA) is 9.23 Å². The molecular weight excluding hydrogens is 407 g/mol. The summed E-state index contributed by atoms with van der Waals surface area (Å²) in [5, 5.41) is 2.19. The molecule has 2 aromatic carbocycles. The normalized spacial score (nSPS) is 29.7. The van der Waals surface area contributed by atoms with Crippen molar-refractivity contribution in [2.24, 2.45) is 17.8 Å². The molecule has 2 fully saturated rings. The van der Waals surface area contributed by atoms with Gasteiger partial charge in [0.2, 0.25) is 0 Å². The number of allylic oxidation sites excluding steroid dienone is 3. The van der Waals surface area contributed by atoms with Crippen molar-refractivity contribution in [1.82, 2.24) is 0 Å². The van der Waals surface area contributed by atoms with Crippen molar-refractivity contribution in [3.63, 3.8) is 0 Å². The lowest BCUT2D eigenvalue weighted by Crippen LogP contribution is -2.45. The number of ether oxygens (including phenoxy) is 1. The fraction of sp³-hybridized carbons (Fsp3) is 0.548. The van der Waals surface area contributed by atoms with Gasteiger partial charge in [-0.05, 0) is 106 Å². The van der Waals surface area contributed by atoms with Crippen molar-refractivity contribution in [2.75, 3.05) is 6.61 Å². The minimum absolute atomic E-state index is 0.0117. The summed E-state index contributed by atoms with van der Waals surface area (Å²) in [5.41, 5.74) is 0.846. The number of alkyl halides is 1. The van der Waals surface area contributed by atoms with Gasteiger partial charge in [0.1, 0.15) is 6.17 Å². The highest BCUT2D eigenvalue weighted by Crippen LogP contribution is 2.48. The van der Waals surface area contributed by atoms with E-state index in [-0.39, 0.29) is 5.60 Å². The molecule has 2 saturated carbocycles. The van der Waals surface area contributed by atoms with Crippen molar-refractivity contribution in [2.45, 2.75) is 83.4 Å². The summed E-state index contributed by atoms with van der Waals surface area (Å²) in [6.45, 7) is 4.90. The highest BCUT2D eigenvalue weighted by molar-refractivity contribution is 5.85. The number of fused-ring (bicyclic) bond motifs is 1. The van der Waals surface area contributed by atoms with E-state index in [0.29, 0.717) is 24.9 Å². The van der Waals surface area contributed by atoms with Gasteiger partial charge in [0.25, 0.3) is 0 Å². The fourth-order valence-corrected chi connectivity index (χ4v) is 6.44. The van der Waals surface area contributed by atoms with Crippen molar-refractivity contribution < 1.29 is 9.13 Å². The molecule has 0 bridgehead atoms. The second-order valence-electron chi connectivity index (χ2n) is 10.3. The van der Waals surface area contributed by atoms with E-state index >= 15 is 4.39 Å². The molecule has 0 aliphatic heterocycles.